The fourth-order valence-electron chi connectivity index (χ4n) is 0.456. The molecule has 0 aromatic rings. The molecular weight excluding hydrogens is 200 g/mol. The van der Waals surface area contributed by atoms with Gasteiger partial charge >= 0.3 is 11.9 Å². The Morgan fingerprint density at radius 2 is 2.13 bits per heavy atom. The van der Waals surface area contributed by atoms with Gasteiger partial charge in [-0.1, -0.05) is 13.2 Å². The highest BCUT2D eigenvalue weighted by atomic mass is 16.6. The van der Waals surface area contributed by atoms with Crippen LogP contribution >= 0.6 is 0 Å². The lowest BCUT2D eigenvalue weighted by atomic mass is 10.4. The number of carboxylic acid groups (broad SMARTS) is 1. The molecule has 0 bridgehead atoms. The van der Waals surface area contributed by atoms with E-state index in [4.69, 9.17) is 14.6 Å². The molecule has 0 aromatic carbocycles. The summed E-state index contributed by atoms with van der Waals surface area (Å²) in [6.45, 7) is 9.10. The first-order chi connectivity index (χ1) is 6.97. The molecule has 1 N–H and O–H groups in total. The van der Waals surface area contributed by atoms with Crippen molar-refractivity contribution >= 4 is 11.9 Å². The quantitative estimate of drug-likeness (QED) is 0.425. The predicted octanol–water partition coefficient (Wildman–Crippen LogP) is 0.762. The molecule has 0 spiro atoms. The number of epoxide rings is 1. The van der Waals surface area contributed by atoms with Crippen LogP contribution in [0.5, 0.6) is 0 Å². The predicted molar refractivity (Wildman–Crippen MR) is 53.3 cm³/mol. The van der Waals surface area contributed by atoms with Gasteiger partial charge in [0.25, 0.3) is 0 Å². The fourth-order valence-corrected chi connectivity index (χ4v) is 0.456. The molecule has 5 heteroatoms. The lowest BCUT2D eigenvalue weighted by molar-refractivity contribution is -0.139. The zero-order chi connectivity index (χ0) is 11.8. The summed E-state index contributed by atoms with van der Waals surface area (Å²) >= 11 is 0. The number of esters is 1. The van der Waals surface area contributed by atoms with Crippen molar-refractivity contribution < 1.29 is 24.2 Å². The first-order valence-electron chi connectivity index (χ1n) is 4.27. The third kappa shape index (κ3) is 8.70. The van der Waals surface area contributed by atoms with Crippen molar-refractivity contribution in [1.82, 2.24) is 0 Å². The van der Waals surface area contributed by atoms with Gasteiger partial charge in [-0.3, -0.25) is 0 Å². The molecule has 15 heavy (non-hydrogen) atoms. The normalized spacial score (nSPS) is 16.7. The number of ether oxygens (including phenoxy) is 2. The smallest absolute Gasteiger partial charge is 0.333 e. The molecule has 0 aromatic heterocycles. The minimum absolute atomic E-state index is 0.142. The van der Waals surface area contributed by atoms with Crippen LogP contribution in [0.25, 0.3) is 0 Å². The summed E-state index contributed by atoms with van der Waals surface area (Å²) in [6.07, 6.45) is 0.975. The number of rotatable bonds is 4. The van der Waals surface area contributed by atoms with Crippen LogP contribution in [-0.2, 0) is 19.1 Å². The minimum Gasteiger partial charge on any atom is -0.478 e. The molecule has 0 aliphatic carbocycles. The lowest BCUT2D eigenvalue weighted by Gasteiger charge is -1.99. The molecule has 1 aliphatic rings. The number of hydrogen-bond acceptors (Lipinski definition) is 4. The van der Waals surface area contributed by atoms with Crippen LogP contribution in [0.4, 0.5) is 0 Å². The molecular formula is C10H14O5. The van der Waals surface area contributed by atoms with Crippen LogP contribution in [-0.4, -0.2) is 36.4 Å². The van der Waals surface area contributed by atoms with E-state index in [0.717, 1.165) is 6.08 Å². The molecule has 1 atom stereocenters. The molecule has 1 aliphatic heterocycles. The standard InChI is InChI=1S/C7H10O3.C3H4O2/c1-5(2)7(8)10-4-6-3-9-6;1-2-3(4)5/h6H,1,3-4H2,2H3;2H,1H2,(H,4,5). The molecule has 5 nitrogen and oxygen atoms in total. The molecule has 1 rings (SSSR count). The molecule has 1 heterocycles. The highest BCUT2D eigenvalue weighted by Gasteiger charge is 2.24. The average molecular weight is 214 g/mol. The van der Waals surface area contributed by atoms with Crippen molar-refractivity contribution in [3.63, 3.8) is 0 Å². The van der Waals surface area contributed by atoms with Gasteiger partial charge in [-0.25, -0.2) is 9.59 Å². The Morgan fingerprint density at radius 3 is 2.40 bits per heavy atom. The first-order valence-corrected chi connectivity index (χ1v) is 4.27. The number of hydrogen-bond donors (Lipinski definition) is 1. The second-order valence-corrected chi connectivity index (χ2v) is 2.88. The largest absolute Gasteiger partial charge is 0.478 e. The topological polar surface area (TPSA) is 76.1 Å². The third-order valence-corrected chi connectivity index (χ3v) is 1.33. The van der Waals surface area contributed by atoms with Crippen LogP contribution < -0.4 is 0 Å². The van der Waals surface area contributed by atoms with Crippen molar-refractivity contribution in [2.75, 3.05) is 13.2 Å². The summed E-state index contributed by atoms with van der Waals surface area (Å²) < 4.78 is 9.60. The fraction of sp³-hybridized carbons (Fsp3) is 0.400. The zero-order valence-corrected chi connectivity index (χ0v) is 8.56. The van der Waals surface area contributed by atoms with Crippen LogP contribution in [0.1, 0.15) is 6.92 Å². The minimum atomic E-state index is -0.981. The maximum atomic E-state index is 10.7. The molecule has 0 saturated carbocycles. The maximum Gasteiger partial charge on any atom is 0.333 e. The maximum absolute atomic E-state index is 10.7. The number of carbonyl (C=O) groups excluding carboxylic acids is 1. The van der Waals surface area contributed by atoms with Gasteiger partial charge in [0.05, 0.1) is 6.61 Å². The van der Waals surface area contributed by atoms with E-state index >= 15 is 0 Å². The Kier molecular flexibility index (Phi) is 6.05. The highest BCUT2D eigenvalue weighted by Crippen LogP contribution is 2.09. The van der Waals surface area contributed by atoms with E-state index in [1.54, 1.807) is 6.92 Å². The molecule has 1 saturated heterocycles. The monoisotopic (exact) mass is 214 g/mol. The summed E-state index contributed by atoms with van der Waals surface area (Å²) in [6, 6.07) is 0. The van der Waals surface area contributed by atoms with Crippen molar-refractivity contribution in [2.24, 2.45) is 0 Å². The van der Waals surface area contributed by atoms with E-state index in [-0.39, 0.29) is 12.1 Å². The van der Waals surface area contributed by atoms with Crippen LogP contribution in [0.3, 0.4) is 0 Å². The van der Waals surface area contributed by atoms with Gasteiger partial charge in [0, 0.05) is 11.6 Å². The van der Waals surface area contributed by atoms with Crippen molar-refractivity contribution in [1.29, 1.82) is 0 Å². The van der Waals surface area contributed by atoms with E-state index in [9.17, 15) is 9.59 Å². The lowest BCUT2D eigenvalue weighted by Crippen LogP contribution is -2.09. The average Bonchev–Trinajstić information content (AvgIpc) is 2.98. The van der Waals surface area contributed by atoms with Gasteiger partial charge in [0.1, 0.15) is 12.7 Å². The first kappa shape index (κ1) is 13.4. The van der Waals surface area contributed by atoms with Gasteiger partial charge < -0.3 is 14.6 Å². The van der Waals surface area contributed by atoms with Gasteiger partial charge in [-0.05, 0) is 6.92 Å². The Hall–Kier alpha value is -1.62. The highest BCUT2D eigenvalue weighted by molar-refractivity contribution is 5.86. The zero-order valence-electron chi connectivity index (χ0n) is 8.56. The molecule has 84 valence electrons. The van der Waals surface area contributed by atoms with Gasteiger partial charge in [-0.15, -0.1) is 0 Å². The summed E-state index contributed by atoms with van der Waals surface area (Å²) in [5, 5.41) is 7.60. The summed E-state index contributed by atoms with van der Waals surface area (Å²) in [4.78, 5) is 19.9. The Balaban J connectivity index is 0.000000336. The van der Waals surface area contributed by atoms with Crippen molar-refractivity contribution in [3.05, 3.63) is 24.8 Å². The van der Waals surface area contributed by atoms with Crippen molar-refractivity contribution in [2.45, 2.75) is 13.0 Å². The number of aliphatic carboxylic acids is 1. The van der Waals surface area contributed by atoms with E-state index in [0.29, 0.717) is 18.8 Å². The van der Waals surface area contributed by atoms with Crippen molar-refractivity contribution in [3.8, 4) is 0 Å². The molecule has 1 unspecified atom stereocenters. The molecule has 0 amide bonds. The van der Waals surface area contributed by atoms with E-state index in [1.165, 1.54) is 0 Å². The second-order valence-electron chi connectivity index (χ2n) is 2.88. The summed E-state index contributed by atoms with van der Waals surface area (Å²) in [5.41, 5.74) is 0.431. The van der Waals surface area contributed by atoms with Crippen LogP contribution in [0, 0.1) is 0 Å². The van der Waals surface area contributed by atoms with Crippen LogP contribution in [0.15, 0.2) is 24.8 Å². The second kappa shape index (κ2) is 6.78. The Labute approximate surface area is 88.0 Å². The SMILES string of the molecule is C=C(C)C(=O)OCC1CO1.C=CC(=O)O. The van der Waals surface area contributed by atoms with E-state index < -0.39 is 5.97 Å². The van der Waals surface area contributed by atoms with Crippen LogP contribution in [0.2, 0.25) is 0 Å². The summed E-state index contributed by atoms with van der Waals surface area (Å²) in [5.74, 6) is -1.32. The molecule has 1 fully saturated rings. The summed E-state index contributed by atoms with van der Waals surface area (Å²) in [7, 11) is 0. The third-order valence-electron chi connectivity index (χ3n) is 1.33. The van der Waals surface area contributed by atoms with Gasteiger partial charge in [0.2, 0.25) is 0 Å². The van der Waals surface area contributed by atoms with Gasteiger partial charge in [-0.2, -0.15) is 0 Å². The van der Waals surface area contributed by atoms with Gasteiger partial charge in [0.15, 0.2) is 0 Å². The number of carboxylic acids is 1. The molecule has 0 radical (unpaired) electrons. The van der Waals surface area contributed by atoms with E-state index in [1.807, 2.05) is 0 Å². The Morgan fingerprint density at radius 1 is 1.67 bits per heavy atom. The van der Waals surface area contributed by atoms with E-state index in [2.05, 4.69) is 13.2 Å². The Bertz CT molecular complexity index is 265. The number of carbonyl (C=O) groups is 2.